The maximum atomic E-state index is 13.8. The van der Waals surface area contributed by atoms with Gasteiger partial charge in [-0.15, -0.1) is 19.0 Å². The normalized spacial score (nSPS) is 13.0. The zero-order chi connectivity index (χ0) is 15.3. The summed E-state index contributed by atoms with van der Waals surface area (Å²) in [5.41, 5.74) is 6.23. The molecule has 0 aliphatic carbocycles. The number of nitrogens with zero attached hydrogens (tertiary/aromatic N) is 1. The molecule has 21 heavy (non-hydrogen) atoms. The van der Waals surface area contributed by atoms with Crippen LogP contribution in [-0.4, -0.2) is 23.4 Å². The molecule has 3 nitrogen and oxygen atoms in total. The van der Waals surface area contributed by atoms with Gasteiger partial charge in [0.1, 0.15) is 5.82 Å². The second-order valence-electron chi connectivity index (χ2n) is 4.89. The molecule has 0 bridgehead atoms. The maximum absolute atomic E-state index is 13.8. The Bertz CT molecular complexity index is 497. The Morgan fingerprint density at radius 3 is 2.67 bits per heavy atom. The number of carbonyl (C=O) groups is 1. The molecule has 118 valence electrons. The molecule has 1 aromatic carbocycles. The molecule has 1 amide bonds. The lowest BCUT2D eigenvalue weighted by molar-refractivity contribution is -0.135. The van der Waals surface area contributed by atoms with Gasteiger partial charge in [-0.25, -0.2) is 4.39 Å². The second kappa shape index (κ2) is 9.18. The van der Waals surface area contributed by atoms with E-state index < -0.39 is 0 Å². The van der Waals surface area contributed by atoms with E-state index in [-0.39, 0.29) is 42.6 Å². The zero-order valence-electron chi connectivity index (χ0n) is 12.2. The second-order valence-corrected chi connectivity index (χ2v) is 5.81. The van der Waals surface area contributed by atoms with Crippen LogP contribution in [0, 0.1) is 11.7 Å². The zero-order valence-corrected chi connectivity index (χ0v) is 14.6. The van der Waals surface area contributed by atoms with E-state index in [1.807, 2.05) is 0 Å². The van der Waals surface area contributed by atoms with Crippen LogP contribution in [0.15, 0.2) is 35.3 Å². The van der Waals surface area contributed by atoms with Crippen LogP contribution in [0.1, 0.15) is 19.4 Å². The summed E-state index contributed by atoms with van der Waals surface area (Å²) >= 11 is 3.30. The molecule has 0 saturated heterocycles. The Labute approximate surface area is 139 Å². The van der Waals surface area contributed by atoms with Crippen LogP contribution in [0.25, 0.3) is 0 Å². The number of nitrogens with two attached hydrogens (primary N) is 1. The van der Waals surface area contributed by atoms with Crippen molar-refractivity contribution in [1.29, 1.82) is 0 Å². The van der Waals surface area contributed by atoms with Crippen molar-refractivity contribution in [2.45, 2.75) is 26.4 Å². The van der Waals surface area contributed by atoms with Gasteiger partial charge >= 0.3 is 0 Å². The molecule has 0 heterocycles. The van der Waals surface area contributed by atoms with E-state index in [1.165, 1.54) is 6.07 Å². The molecule has 0 spiro atoms. The van der Waals surface area contributed by atoms with Crippen molar-refractivity contribution in [3.63, 3.8) is 0 Å². The molecule has 6 heteroatoms. The molecule has 0 aliphatic rings. The van der Waals surface area contributed by atoms with E-state index in [0.717, 1.165) is 4.47 Å². The Hall–Kier alpha value is -0.910. The van der Waals surface area contributed by atoms with Gasteiger partial charge in [-0.3, -0.25) is 4.79 Å². The van der Waals surface area contributed by atoms with E-state index in [9.17, 15) is 9.18 Å². The summed E-state index contributed by atoms with van der Waals surface area (Å²) in [6, 6.07) is 4.44. The average molecular weight is 380 g/mol. The van der Waals surface area contributed by atoms with Gasteiger partial charge in [-0.1, -0.05) is 28.9 Å². The van der Waals surface area contributed by atoms with Crippen LogP contribution < -0.4 is 5.73 Å². The lowest BCUT2D eigenvalue weighted by atomic mass is 10.0. The molecule has 0 aromatic heterocycles. The SMILES string of the molecule is C=CCN(Cc1cc(Br)ccc1F)C(=O)C(C)C(C)N.Cl. The lowest BCUT2D eigenvalue weighted by Gasteiger charge is -2.26. The number of amides is 1. The van der Waals surface area contributed by atoms with Crippen LogP contribution in [0.4, 0.5) is 4.39 Å². The van der Waals surface area contributed by atoms with Gasteiger partial charge in [0.2, 0.25) is 5.91 Å². The number of hydrogen-bond acceptors (Lipinski definition) is 2. The van der Waals surface area contributed by atoms with Crippen LogP contribution in [0.5, 0.6) is 0 Å². The first-order chi connectivity index (χ1) is 9.36. The summed E-state index contributed by atoms with van der Waals surface area (Å²) in [5.74, 6) is -0.743. The first-order valence-electron chi connectivity index (χ1n) is 6.46. The summed E-state index contributed by atoms with van der Waals surface area (Å²) in [5, 5.41) is 0. The highest BCUT2D eigenvalue weighted by Crippen LogP contribution is 2.18. The Morgan fingerprint density at radius 2 is 2.14 bits per heavy atom. The monoisotopic (exact) mass is 378 g/mol. The van der Waals surface area contributed by atoms with Crippen molar-refractivity contribution < 1.29 is 9.18 Å². The van der Waals surface area contributed by atoms with E-state index in [2.05, 4.69) is 22.5 Å². The molecule has 0 saturated carbocycles. The van der Waals surface area contributed by atoms with Crippen molar-refractivity contribution in [1.82, 2.24) is 4.90 Å². The third kappa shape index (κ3) is 5.77. The maximum Gasteiger partial charge on any atom is 0.227 e. The number of hydrogen-bond donors (Lipinski definition) is 1. The lowest BCUT2D eigenvalue weighted by Crippen LogP contribution is -2.41. The van der Waals surface area contributed by atoms with Gasteiger partial charge in [-0.05, 0) is 25.1 Å². The van der Waals surface area contributed by atoms with Gasteiger partial charge in [0.15, 0.2) is 0 Å². The van der Waals surface area contributed by atoms with Gasteiger partial charge in [-0.2, -0.15) is 0 Å². The highest BCUT2D eigenvalue weighted by atomic mass is 79.9. The quantitative estimate of drug-likeness (QED) is 0.769. The van der Waals surface area contributed by atoms with Crippen molar-refractivity contribution in [3.8, 4) is 0 Å². The van der Waals surface area contributed by atoms with Crippen molar-refractivity contribution >= 4 is 34.2 Å². The Morgan fingerprint density at radius 1 is 1.52 bits per heavy atom. The van der Waals surface area contributed by atoms with Gasteiger partial charge in [0.05, 0.1) is 5.92 Å². The number of rotatable bonds is 6. The predicted octanol–water partition coefficient (Wildman–Crippen LogP) is 3.51. The molecule has 0 aliphatic heterocycles. The predicted molar refractivity (Wildman–Crippen MR) is 89.8 cm³/mol. The third-order valence-corrected chi connectivity index (χ3v) is 3.70. The average Bonchev–Trinajstić information content (AvgIpc) is 2.40. The summed E-state index contributed by atoms with van der Waals surface area (Å²) < 4.78 is 14.6. The molecule has 2 unspecified atom stereocenters. The van der Waals surface area contributed by atoms with Crippen molar-refractivity contribution in [2.24, 2.45) is 11.7 Å². The number of halogens is 3. The minimum atomic E-state index is -0.330. The molecule has 0 fully saturated rings. The fourth-order valence-electron chi connectivity index (χ4n) is 1.77. The molecule has 1 aromatic rings. The smallest absolute Gasteiger partial charge is 0.227 e. The molecular formula is C15H21BrClFN2O. The molecular weight excluding hydrogens is 359 g/mol. The summed E-state index contributed by atoms with van der Waals surface area (Å²) in [7, 11) is 0. The summed E-state index contributed by atoms with van der Waals surface area (Å²) in [6.45, 7) is 7.77. The standard InChI is InChI=1S/C15H20BrFN2O.ClH/c1-4-7-19(15(20)10(2)11(3)18)9-12-8-13(16)5-6-14(12)17;/h4-6,8,10-11H,1,7,9,18H2,2-3H3;1H. The van der Waals surface area contributed by atoms with Gasteiger partial charge in [0.25, 0.3) is 0 Å². The highest BCUT2D eigenvalue weighted by molar-refractivity contribution is 9.10. The summed E-state index contributed by atoms with van der Waals surface area (Å²) in [6.07, 6.45) is 1.63. The van der Waals surface area contributed by atoms with E-state index in [1.54, 1.807) is 37.0 Å². The molecule has 2 atom stereocenters. The highest BCUT2D eigenvalue weighted by Gasteiger charge is 2.23. The third-order valence-electron chi connectivity index (χ3n) is 3.21. The largest absolute Gasteiger partial charge is 0.334 e. The van der Waals surface area contributed by atoms with Gasteiger partial charge < -0.3 is 10.6 Å². The van der Waals surface area contributed by atoms with Crippen LogP contribution in [0.2, 0.25) is 0 Å². The van der Waals surface area contributed by atoms with Crippen molar-refractivity contribution in [3.05, 3.63) is 46.7 Å². The first-order valence-corrected chi connectivity index (χ1v) is 7.25. The molecule has 2 N–H and O–H groups in total. The molecule has 1 rings (SSSR count). The number of carbonyl (C=O) groups excluding carboxylic acids is 1. The fraction of sp³-hybridized carbons (Fsp3) is 0.400. The van der Waals surface area contributed by atoms with Crippen LogP contribution in [-0.2, 0) is 11.3 Å². The Balaban J connectivity index is 0.00000400. The minimum Gasteiger partial charge on any atom is -0.334 e. The Kier molecular flexibility index (Phi) is 8.78. The van der Waals surface area contributed by atoms with Gasteiger partial charge in [0, 0.05) is 29.2 Å². The molecule has 0 radical (unpaired) electrons. The van der Waals surface area contributed by atoms with E-state index >= 15 is 0 Å². The van der Waals surface area contributed by atoms with Crippen LogP contribution >= 0.6 is 28.3 Å². The minimum absolute atomic E-state index is 0. The van der Waals surface area contributed by atoms with Crippen LogP contribution in [0.3, 0.4) is 0 Å². The van der Waals surface area contributed by atoms with Crippen molar-refractivity contribution in [2.75, 3.05) is 6.54 Å². The topological polar surface area (TPSA) is 46.3 Å². The van der Waals surface area contributed by atoms with E-state index in [0.29, 0.717) is 12.1 Å². The summed E-state index contributed by atoms with van der Waals surface area (Å²) in [4.78, 5) is 13.9. The number of benzene rings is 1. The fourth-order valence-corrected chi connectivity index (χ4v) is 2.18. The first kappa shape index (κ1) is 20.1. The van der Waals surface area contributed by atoms with E-state index in [4.69, 9.17) is 5.73 Å².